The Morgan fingerprint density at radius 3 is 2.69 bits per heavy atom. The summed E-state index contributed by atoms with van der Waals surface area (Å²) in [5.41, 5.74) is 2.87. The maximum atomic E-state index is 12.3. The molecular weight excluding hydrogens is 382 g/mol. The van der Waals surface area contributed by atoms with E-state index in [1.165, 1.54) is 0 Å². The van der Waals surface area contributed by atoms with E-state index in [2.05, 4.69) is 30.3 Å². The fourth-order valence-electron chi connectivity index (χ4n) is 3.28. The van der Waals surface area contributed by atoms with Crippen molar-refractivity contribution in [2.45, 2.75) is 44.1 Å². The summed E-state index contributed by atoms with van der Waals surface area (Å²) in [7, 11) is 2.24. The molecule has 29 heavy (non-hydrogen) atoms. The lowest BCUT2D eigenvalue weighted by molar-refractivity contribution is -0.880. The van der Waals surface area contributed by atoms with Crippen molar-refractivity contribution in [3.63, 3.8) is 0 Å². The molecule has 0 saturated carbocycles. The number of carbonyl (C=O) groups excluding carboxylic acids is 1. The Hall–Kier alpha value is -2.12. The molecule has 2 aromatic rings. The molecule has 0 spiro atoms. The first-order chi connectivity index (χ1) is 13.9. The number of carbonyl (C=O) groups is 1. The van der Waals surface area contributed by atoms with Gasteiger partial charge < -0.3 is 15.1 Å². The average molecular weight is 415 g/mol. The third-order valence-corrected chi connectivity index (χ3v) is 5.94. The van der Waals surface area contributed by atoms with Crippen LogP contribution in [-0.4, -0.2) is 55.1 Å². The quantitative estimate of drug-likeness (QED) is 0.534. The molecule has 0 unspecified atom stereocenters. The predicted octanol–water partition coefficient (Wildman–Crippen LogP) is 1.80. The van der Waals surface area contributed by atoms with Crippen LogP contribution in [0.15, 0.2) is 35.5 Å². The number of aryl methyl sites for hydroxylation is 1. The lowest BCUT2D eigenvalue weighted by Crippen LogP contribution is -3.12. The topological polar surface area (TPSA) is 62.6 Å². The molecule has 2 heterocycles. The Morgan fingerprint density at radius 2 is 2.00 bits per heavy atom. The highest BCUT2D eigenvalue weighted by Gasteiger charge is 2.19. The van der Waals surface area contributed by atoms with Gasteiger partial charge in [-0.05, 0) is 38.0 Å². The second-order valence-electron chi connectivity index (χ2n) is 7.91. The van der Waals surface area contributed by atoms with Gasteiger partial charge in [0, 0.05) is 29.1 Å². The summed E-state index contributed by atoms with van der Waals surface area (Å²) >= 11 is 1.63. The van der Waals surface area contributed by atoms with Crippen molar-refractivity contribution < 1.29 is 9.69 Å². The number of nitrogens with zero attached hydrogens (tertiary/aromatic N) is 3. The number of thioether (sulfide) groups is 1. The van der Waals surface area contributed by atoms with E-state index in [0.29, 0.717) is 5.56 Å². The van der Waals surface area contributed by atoms with Crippen LogP contribution in [0, 0.1) is 0 Å². The zero-order valence-electron chi connectivity index (χ0n) is 17.9. The molecule has 1 saturated heterocycles. The van der Waals surface area contributed by atoms with Gasteiger partial charge in [-0.3, -0.25) is 4.79 Å². The lowest BCUT2D eigenvalue weighted by Gasteiger charge is -2.31. The normalized spacial score (nSPS) is 15.0. The Bertz CT molecular complexity index is 834. The number of hydrogen-bond donors (Lipinski definition) is 2. The summed E-state index contributed by atoms with van der Waals surface area (Å²) in [4.78, 5) is 25.7. The molecule has 2 N–H and O–H groups in total. The van der Waals surface area contributed by atoms with Gasteiger partial charge in [-0.1, -0.05) is 30.8 Å². The highest BCUT2D eigenvalue weighted by Crippen LogP contribution is 2.23. The first kappa shape index (κ1) is 21.6. The van der Waals surface area contributed by atoms with E-state index in [0.717, 1.165) is 60.6 Å². The highest BCUT2D eigenvalue weighted by molar-refractivity contribution is 7.98. The van der Waals surface area contributed by atoms with E-state index in [9.17, 15) is 4.79 Å². The molecule has 1 amide bonds. The maximum absolute atomic E-state index is 12.3. The van der Waals surface area contributed by atoms with Gasteiger partial charge in [0.1, 0.15) is 5.82 Å². The molecule has 0 atom stereocenters. The maximum Gasteiger partial charge on any atom is 0.251 e. The number of likely N-dealkylation sites (N-methyl/N-ethyl adjacent to an activating group) is 1. The Morgan fingerprint density at radius 1 is 1.24 bits per heavy atom. The minimum atomic E-state index is -0.0319. The van der Waals surface area contributed by atoms with Crippen LogP contribution >= 0.6 is 11.8 Å². The number of nitrogens with one attached hydrogen (secondary N) is 2. The molecule has 6 nitrogen and oxygen atoms in total. The lowest BCUT2D eigenvalue weighted by atomic mass is 10.1. The van der Waals surface area contributed by atoms with Gasteiger partial charge in [-0.25, -0.2) is 9.97 Å². The van der Waals surface area contributed by atoms with Gasteiger partial charge >= 0.3 is 0 Å². The van der Waals surface area contributed by atoms with Crippen molar-refractivity contribution in [3.8, 4) is 0 Å². The molecule has 1 aliphatic heterocycles. The molecule has 7 heteroatoms. The first-order valence-electron chi connectivity index (χ1n) is 10.4. The number of anilines is 1. The van der Waals surface area contributed by atoms with Crippen LogP contribution in [0.1, 0.15) is 42.4 Å². The van der Waals surface area contributed by atoms with Crippen LogP contribution in [-0.2, 0) is 12.2 Å². The van der Waals surface area contributed by atoms with Crippen molar-refractivity contribution in [3.05, 3.63) is 47.2 Å². The predicted molar refractivity (Wildman–Crippen MR) is 119 cm³/mol. The van der Waals surface area contributed by atoms with Crippen LogP contribution in [0.4, 0.5) is 5.82 Å². The van der Waals surface area contributed by atoms with E-state index in [1.807, 2.05) is 38.1 Å². The summed E-state index contributed by atoms with van der Waals surface area (Å²) in [6.07, 6.45) is 0.896. The number of hydrogen-bond acceptors (Lipinski definition) is 5. The minimum Gasteiger partial charge on any atom is -0.350 e. The fourth-order valence-corrected chi connectivity index (χ4v) is 4.10. The molecular formula is C22H32N5OS+. The monoisotopic (exact) mass is 414 g/mol. The van der Waals surface area contributed by atoms with Gasteiger partial charge in [0.2, 0.25) is 0 Å². The molecule has 156 valence electrons. The van der Waals surface area contributed by atoms with Crippen LogP contribution < -0.4 is 15.1 Å². The Labute approximate surface area is 178 Å². The zero-order valence-corrected chi connectivity index (χ0v) is 18.7. The number of aromatic nitrogens is 2. The van der Waals surface area contributed by atoms with Crippen LogP contribution in [0.25, 0.3) is 0 Å². The SMILES string of the molecule is CCc1cc(N2CC[NH+](C)CC2)nc(SCc2cccc(C(=O)NC(C)C)c2)n1. The number of amides is 1. The van der Waals surface area contributed by atoms with Crippen molar-refractivity contribution in [1.82, 2.24) is 15.3 Å². The highest BCUT2D eigenvalue weighted by atomic mass is 32.2. The number of quaternary nitrogens is 1. The van der Waals surface area contributed by atoms with Gasteiger partial charge in [-0.15, -0.1) is 0 Å². The largest absolute Gasteiger partial charge is 0.350 e. The summed E-state index contributed by atoms with van der Waals surface area (Å²) in [6, 6.07) is 10.0. The van der Waals surface area contributed by atoms with E-state index in [4.69, 9.17) is 9.97 Å². The Kier molecular flexibility index (Phi) is 7.50. The fraction of sp³-hybridized carbons (Fsp3) is 0.500. The van der Waals surface area contributed by atoms with E-state index in [1.54, 1.807) is 16.7 Å². The summed E-state index contributed by atoms with van der Waals surface area (Å²) in [5, 5.41) is 3.75. The molecule has 1 aromatic heterocycles. The smallest absolute Gasteiger partial charge is 0.251 e. The molecule has 0 bridgehead atoms. The van der Waals surface area contributed by atoms with E-state index < -0.39 is 0 Å². The Balaban J connectivity index is 1.70. The molecule has 3 rings (SSSR count). The van der Waals surface area contributed by atoms with Crippen molar-refractivity contribution in [2.24, 2.45) is 0 Å². The number of benzene rings is 1. The van der Waals surface area contributed by atoms with Crippen molar-refractivity contribution in [2.75, 3.05) is 38.1 Å². The van der Waals surface area contributed by atoms with Gasteiger partial charge in [0.05, 0.1) is 33.2 Å². The van der Waals surface area contributed by atoms with E-state index >= 15 is 0 Å². The third-order valence-electron chi connectivity index (χ3n) is 5.03. The van der Waals surface area contributed by atoms with Crippen molar-refractivity contribution >= 4 is 23.5 Å². The molecule has 1 aromatic carbocycles. The molecule has 1 fully saturated rings. The molecule has 0 radical (unpaired) electrons. The van der Waals surface area contributed by atoms with E-state index in [-0.39, 0.29) is 11.9 Å². The van der Waals surface area contributed by atoms with Gasteiger partial charge in [0.25, 0.3) is 5.91 Å². The number of piperazine rings is 1. The van der Waals surface area contributed by atoms with Crippen LogP contribution in [0.5, 0.6) is 0 Å². The second kappa shape index (κ2) is 10.1. The summed E-state index contributed by atoms with van der Waals surface area (Å²) in [5.74, 6) is 1.75. The third kappa shape index (κ3) is 6.18. The van der Waals surface area contributed by atoms with Gasteiger partial charge in [0.15, 0.2) is 5.16 Å². The number of rotatable bonds is 7. The second-order valence-corrected chi connectivity index (χ2v) is 8.86. The summed E-state index contributed by atoms with van der Waals surface area (Å²) in [6.45, 7) is 10.4. The standard InChI is InChI=1S/C22H31N5OS/c1-5-19-14-20(27-11-9-26(4)10-12-27)25-22(24-19)29-15-17-7-6-8-18(13-17)21(28)23-16(2)3/h6-8,13-14,16H,5,9-12,15H2,1-4H3,(H,23,28)/p+1. The minimum absolute atomic E-state index is 0.0319. The first-order valence-corrected chi connectivity index (χ1v) is 11.4. The molecule has 1 aliphatic rings. The van der Waals surface area contributed by atoms with Crippen LogP contribution in [0.3, 0.4) is 0 Å². The molecule has 0 aliphatic carbocycles. The van der Waals surface area contributed by atoms with Gasteiger partial charge in [-0.2, -0.15) is 0 Å². The zero-order chi connectivity index (χ0) is 20.8. The van der Waals surface area contributed by atoms with Crippen LogP contribution in [0.2, 0.25) is 0 Å². The summed E-state index contributed by atoms with van der Waals surface area (Å²) < 4.78 is 0. The van der Waals surface area contributed by atoms with Crippen molar-refractivity contribution in [1.29, 1.82) is 0 Å². The average Bonchev–Trinajstić information content (AvgIpc) is 2.72.